The van der Waals surface area contributed by atoms with Gasteiger partial charge in [0.2, 0.25) is 11.8 Å². The van der Waals surface area contributed by atoms with E-state index < -0.39 is 0 Å². The number of methoxy groups -OCH3 is 1. The fourth-order valence-corrected chi connectivity index (χ4v) is 4.50. The number of anilines is 2. The first-order valence-corrected chi connectivity index (χ1v) is 9.91. The Kier molecular flexibility index (Phi) is 4.91. The predicted molar refractivity (Wildman–Crippen MR) is 108 cm³/mol. The van der Waals surface area contributed by atoms with Crippen molar-refractivity contribution < 1.29 is 14.3 Å². The Balaban J connectivity index is 1.61. The summed E-state index contributed by atoms with van der Waals surface area (Å²) in [4.78, 5) is 29.4. The van der Waals surface area contributed by atoms with Gasteiger partial charge in [-0.1, -0.05) is 24.3 Å². The van der Waals surface area contributed by atoms with Gasteiger partial charge in [-0.25, -0.2) is 0 Å². The molecule has 1 unspecified atom stereocenters. The van der Waals surface area contributed by atoms with E-state index in [0.717, 1.165) is 34.3 Å². The highest BCUT2D eigenvalue weighted by molar-refractivity contribution is 9.10. The van der Waals surface area contributed by atoms with E-state index in [1.165, 1.54) is 0 Å². The van der Waals surface area contributed by atoms with Crippen LogP contribution in [-0.4, -0.2) is 32.0 Å². The zero-order chi connectivity index (χ0) is 19.0. The Labute approximate surface area is 167 Å². The first-order valence-electron chi connectivity index (χ1n) is 9.12. The van der Waals surface area contributed by atoms with Crippen LogP contribution in [0.3, 0.4) is 0 Å². The molecule has 2 aliphatic rings. The molecule has 1 fully saturated rings. The van der Waals surface area contributed by atoms with Crippen LogP contribution in [-0.2, 0) is 16.0 Å². The van der Waals surface area contributed by atoms with Crippen LogP contribution < -0.4 is 14.5 Å². The van der Waals surface area contributed by atoms with E-state index >= 15 is 0 Å². The van der Waals surface area contributed by atoms with Gasteiger partial charge < -0.3 is 14.5 Å². The van der Waals surface area contributed by atoms with Gasteiger partial charge in [0.15, 0.2) is 0 Å². The second-order valence-electron chi connectivity index (χ2n) is 6.92. The number of para-hydroxylation sites is 2. The van der Waals surface area contributed by atoms with Crippen LogP contribution >= 0.6 is 15.9 Å². The van der Waals surface area contributed by atoms with Gasteiger partial charge in [0.25, 0.3) is 0 Å². The fourth-order valence-electron chi connectivity index (χ4n) is 4.00. The first kappa shape index (κ1) is 18.0. The molecule has 2 aliphatic heterocycles. The topological polar surface area (TPSA) is 49.9 Å². The monoisotopic (exact) mass is 428 g/mol. The van der Waals surface area contributed by atoms with Crippen LogP contribution in [0, 0.1) is 5.92 Å². The molecular weight excluding hydrogens is 408 g/mol. The van der Waals surface area contributed by atoms with Crippen molar-refractivity contribution in [3.05, 3.63) is 52.5 Å². The summed E-state index contributed by atoms with van der Waals surface area (Å²) in [6.45, 7) is 1.06. The maximum atomic E-state index is 13.3. The molecule has 2 heterocycles. The van der Waals surface area contributed by atoms with E-state index in [-0.39, 0.29) is 24.2 Å². The van der Waals surface area contributed by atoms with Crippen molar-refractivity contribution in [2.75, 3.05) is 30.0 Å². The van der Waals surface area contributed by atoms with Gasteiger partial charge >= 0.3 is 0 Å². The Morgan fingerprint density at radius 2 is 2.00 bits per heavy atom. The number of rotatable bonds is 3. The summed E-state index contributed by atoms with van der Waals surface area (Å²) in [5.41, 5.74) is 2.80. The number of nitrogens with zero attached hydrogens (tertiary/aromatic N) is 2. The summed E-state index contributed by atoms with van der Waals surface area (Å²) in [6.07, 6.45) is 2.09. The van der Waals surface area contributed by atoms with E-state index in [1.807, 2.05) is 47.4 Å². The molecular formula is C21H21BrN2O3. The molecule has 0 aliphatic carbocycles. The standard InChI is InChI=1S/C21H21BrN2O3/c1-27-18-10-4-6-14-7-5-11-23(20(14)18)21(26)15-12-19(25)24(13-15)17-9-3-2-8-16(17)22/h2-4,6,8-10,15H,5,7,11-13H2,1H3. The molecule has 0 saturated carbocycles. The number of carbonyl (C=O) groups is 2. The molecule has 5 nitrogen and oxygen atoms in total. The minimum Gasteiger partial charge on any atom is -0.495 e. The van der Waals surface area contributed by atoms with E-state index in [4.69, 9.17) is 4.74 Å². The lowest BCUT2D eigenvalue weighted by Gasteiger charge is -2.32. The van der Waals surface area contributed by atoms with Crippen LogP contribution in [0.15, 0.2) is 46.9 Å². The van der Waals surface area contributed by atoms with Gasteiger partial charge in [0.1, 0.15) is 5.75 Å². The van der Waals surface area contributed by atoms with Crippen LogP contribution in [0.1, 0.15) is 18.4 Å². The van der Waals surface area contributed by atoms with Crippen LogP contribution in [0.25, 0.3) is 0 Å². The quantitative estimate of drug-likeness (QED) is 0.746. The highest BCUT2D eigenvalue weighted by Gasteiger charge is 2.39. The average Bonchev–Trinajstić information content (AvgIpc) is 3.08. The number of carbonyl (C=O) groups excluding carboxylic acids is 2. The first-order chi connectivity index (χ1) is 13.1. The van der Waals surface area contributed by atoms with Crippen LogP contribution in [0.2, 0.25) is 0 Å². The molecule has 1 saturated heterocycles. The van der Waals surface area contributed by atoms with Crippen molar-refractivity contribution >= 4 is 39.1 Å². The van der Waals surface area contributed by atoms with E-state index in [2.05, 4.69) is 15.9 Å². The number of hydrogen-bond acceptors (Lipinski definition) is 3. The number of amides is 2. The molecule has 2 aromatic rings. The van der Waals surface area contributed by atoms with E-state index in [1.54, 1.807) is 12.0 Å². The maximum absolute atomic E-state index is 13.3. The molecule has 4 rings (SSSR count). The molecule has 140 valence electrons. The third-order valence-corrected chi connectivity index (χ3v) is 5.95. The summed E-state index contributed by atoms with van der Waals surface area (Å²) >= 11 is 3.50. The van der Waals surface area contributed by atoms with Crippen molar-refractivity contribution in [1.29, 1.82) is 0 Å². The number of aryl methyl sites for hydroxylation is 1. The number of hydrogen-bond donors (Lipinski definition) is 0. The summed E-state index contributed by atoms with van der Waals surface area (Å²) in [7, 11) is 1.63. The summed E-state index contributed by atoms with van der Waals surface area (Å²) in [6, 6.07) is 13.5. The minimum atomic E-state index is -0.347. The van der Waals surface area contributed by atoms with Gasteiger partial charge in [-0.3, -0.25) is 9.59 Å². The largest absolute Gasteiger partial charge is 0.495 e. The molecule has 6 heteroatoms. The third kappa shape index (κ3) is 3.23. The molecule has 0 radical (unpaired) electrons. The Bertz CT molecular complexity index is 884. The lowest BCUT2D eigenvalue weighted by atomic mass is 9.98. The second kappa shape index (κ2) is 7.35. The highest BCUT2D eigenvalue weighted by atomic mass is 79.9. The SMILES string of the molecule is COc1cccc2c1N(C(=O)C1CC(=O)N(c3ccccc3Br)C1)CCC2. The van der Waals surface area contributed by atoms with Gasteiger partial charge in [-0.05, 0) is 52.5 Å². The molecule has 2 amide bonds. The Morgan fingerprint density at radius 1 is 1.19 bits per heavy atom. The number of ether oxygens (including phenoxy) is 1. The van der Waals surface area contributed by atoms with Gasteiger partial charge in [-0.2, -0.15) is 0 Å². The number of halogens is 1. The normalized spacial score (nSPS) is 19.2. The minimum absolute atomic E-state index is 0.00311. The lowest BCUT2D eigenvalue weighted by molar-refractivity contribution is -0.124. The molecule has 0 aromatic heterocycles. The molecule has 1 atom stereocenters. The molecule has 0 N–H and O–H groups in total. The van der Waals surface area contributed by atoms with Crippen molar-refractivity contribution in [2.24, 2.45) is 5.92 Å². The smallest absolute Gasteiger partial charge is 0.232 e. The number of fused-ring (bicyclic) bond motifs is 1. The molecule has 27 heavy (non-hydrogen) atoms. The second-order valence-corrected chi connectivity index (χ2v) is 7.77. The van der Waals surface area contributed by atoms with Gasteiger partial charge in [0.05, 0.1) is 24.4 Å². The molecule has 0 spiro atoms. The van der Waals surface area contributed by atoms with Crippen LogP contribution in [0.4, 0.5) is 11.4 Å². The van der Waals surface area contributed by atoms with Crippen LogP contribution in [0.5, 0.6) is 5.75 Å². The summed E-state index contributed by atoms with van der Waals surface area (Å²) in [5, 5.41) is 0. The lowest BCUT2D eigenvalue weighted by Crippen LogP contribution is -2.40. The van der Waals surface area contributed by atoms with Crippen molar-refractivity contribution in [3.63, 3.8) is 0 Å². The van der Waals surface area contributed by atoms with E-state index in [9.17, 15) is 9.59 Å². The zero-order valence-corrected chi connectivity index (χ0v) is 16.7. The van der Waals surface area contributed by atoms with Crippen molar-refractivity contribution in [3.8, 4) is 5.75 Å². The van der Waals surface area contributed by atoms with Gasteiger partial charge in [0, 0.05) is 24.0 Å². The maximum Gasteiger partial charge on any atom is 0.232 e. The van der Waals surface area contributed by atoms with Gasteiger partial charge in [-0.15, -0.1) is 0 Å². The number of benzene rings is 2. The highest BCUT2D eigenvalue weighted by Crippen LogP contribution is 2.38. The van der Waals surface area contributed by atoms with Crippen molar-refractivity contribution in [2.45, 2.75) is 19.3 Å². The summed E-state index contributed by atoms with van der Waals surface area (Å²) < 4.78 is 6.36. The third-order valence-electron chi connectivity index (χ3n) is 5.28. The fraction of sp³-hybridized carbons (Fsp3) is 0.333. The van der Waals surface area contributed by atoms with E-state index in [0.29, 0.717) is 18.8 Å². The summed E-state index contributed by atoms with van der Waals surface area (Å²) in [5.74, 6) is 0.355. The Morgan fingerprint density at radius 3 is 2.78 bits per heavy atom. The Hall–Kier alpha value is -2.34. The molecule has 2 aromatic carbocycles. The predicted octanol–water partition coefficient (Wildman–Crippen LogP) is 3.79. The molecule has 0 bridgehead atoms. The average molecular weight is 429 g/mol. The zero-order valence-electron chi connectivity index (χ0n) is 15.2. The van der Waals surface area contributed by atoms with Crippen molar-refractivity contribution in [1.82, 2.24) is 0 Å².